The molecule has 0 aliphatic carbocycles. The lowest BCUT2D eigenvalue weighted by molar-refractivity contribution is -0.123. The first-order valence-corrected chi connectivity index (χ1v) is 7.67. The van der Waals surface area contributed by atoms with Gasteiger partial charge in [-0.3, -0.25) is 4.79 Å². The highest BCUT2D eigenvalue weighted by atomic mass is 16.5. The summed E-state index contributed by atoms with van der Waals surface area (Å²) in [6.07, 6.45) is 0. The molecule has 0 saturated heterocycles. The molecule has 4 nitrogen and oxygen atoms in total. The van der Waals surface area contributed by atoms with Crippen LogP contribution in [0.3, 0.4) is 0 Å². The van der Waals surface area contributed by atoms with E-state index in [0.717, 1.165) is 17.2 Å². The second-order valence-electron chi connectivity index (χ2n) is 6.24. The highest BCUT2D eigenvalue weighted by Gasteiger charge is 2.20. The Balaban J connectivity index is 1.76. The Labute approximate surface area is 137 Å². The average Bonchev–Trinajstić information content (AvgIpc) is 2.53. The van der Waals surface area contributed by atoms with E-state index < -0.39 is 5.41 Å². The van der Waals surface area contributed by atoms with Gasteiger partial charge in [-0.25, -0.2) is 0 Å². The number of benzene rings is 2. The summed E-state index contributed by atoms with van der Waals surface area (Å²) in [6, 6.07) is 17.0. The molecule has 0 radical (unpaired) electrons. The molecule has 4 heteroatoms. The molecule has 0 bridgehead atoms. The lowest BCUT2D eigenvalue weighted by atomic mass is 9.95. The number of nitrogens with one attached hydrogen (secondary N) is 1. The molecule has 0 heterocycles. The third kappa shape index (κ3) is 5.66. The van der Waals surface area contributed by atoms with Gasteiger partial charge in [0.05, 0.1) is 0 Å². The summed E-state index contributed by atoms with van der Waals surface area (Å²) < 4.78 is 11.2. The van der Waals surface area contributed by atoms with Crippen LogP contribution in [-0.4, -0.2) is 19.1 Å². The van der Waals surface area contributed by atoms with Crippen LogP contribution >= 0.6 is 0 Å². The van der Waals surface area contributed by atoms with E-state index in [4.69, 9.17) is 9.47 Å². The highest BCUT2D eigenvalue weighted by Crippen LogP contribution is 2.20. The standard InChI is InChI=1S/C19H23NO3/c1-19(2,3)18(21)20-15-9-11-17(12-10-15)23-14-13-22-16-7-5-4-6-8-16/h4-12H,13-14H2,1-3H3,(H,20,21). The van der Waals surface area contributed by atoms with Gasteiger partial charge in [-0.1, -0.05) is 39.0 Å². The molecule has 0 spiro atoms. The van der Waals surface area contributed by atoms with Crippen LogP contribution in [0, 0.1) is 5.41 Å². The fourth-order valence-corrected chi connectivity index (χ4v) is 1.79. The molecule has 2 aromatic rings. The second kappa shape index (κ2) is 7.68. The molecule has 0 unspecified atom stereocenters. The number of para-hydroxylation sites is 1. The van der Waals surface area contributed by atoms with Crippen molar-refractivity contribution in [2.45, 2.75) is 20.8 Å². The maximum absolute atomic E-state index is 11.9. The predicted octanol–water partition coefficient (Wildman–Crippen LogP) is 4.13. The molecular weight excluding hydrogens is 290 g/mol. The smallest absolute Gasteiger partial charge is 0.229 e. The van der Waals surface area contributed by atoms with Crippen LogP contribution in [0.25, 0.3) is 0 Å². The van der Waals surface area contributed by atoms with Gasteiger partial charge in [-0.15, -0.1) is 0 Å². The van der Waals surface area contributed by atoms with Crippen LogP contribution in [-0.2, 0) is 4.79 Å². The van der Waals surface area contributed by atoms with Crippen molar-refractivity contribution in [1.29, 1.82) is 0 Å². The normalized spacial score (nSPS) is 10.9. The average molecular weight is 313 g/mol. The first-order valence-electron chi connectivity index (χ1n) is 7.67. The van der Waals surface area contributed by atoms with E-state index in [2.05, 4.69) is 5.32 Å². The summed E-state index contributed by atoms with van der Waals surface area (Å²) >= 11 is 0. The van der Waals surface area contributed by atoms with Gasteiger partial charge < -0.3 is 14.8 Å². The van der Waals surface area contributed by atoms with Crippen molar-refractivity contribution in [3.63, 3.8) is 0 Å². The summed E-state index contributed by atoms with van der Waals surface area (Å²) in [4.78, 5) is 11.9. The second-order valence-corrected chi connectivity index (χ2v) is 6.24. The van der Waals surface area contributed by atoms with Crippen LogP contribution < -0.4 is 14.8 Å². The van der Waals surface area contributed by atoms with Gasteiger partial charge >= 0.3 is 0 Å². The number of carbonyl (C=O) groups is 1. The lowest BCUT2D eigenvalue weighted by Gasteiger charge is -2.17. The van der Waals surface area contributed by atoms with Crippen LogP contribution in [0.1, 0.15) is 20.8 Å². The topological polar surface area (TPSA) is 47.6 Å². The van der Waals surface area contributed by atoms with Crippen molar-refractivity contribution in [2.75, 3.05) is 18.5 Å². The van der Waals surface area contributed by atoms with Crippen LogP contribution in [0.5, 0.6) is 11.5 Å². The third-order valence-corrected chi connectivity index (χ3v) is 3.16. The Morgan fingerprint density at radius 3 is 1.91 bits per heavy atom. The number of amides is 1. The number of ether oxygens (including phenoxy) is 2. The van der Waals surface area contributed by atoms with Gasteiger partial charge in [0.1, 0.15) is 24.7 Å². The predicted molar refractivity (Wildman–Crippen MR) is 92.0 cm³/mol. The molecule has 2 aromatic carbocycles. The Morgan fingerprint density at radius 2 is 1.39 bits per heavy atom. The maximum Gasteiger partial charge on any atom is 0.229 e. The number of hydrogen-bond donors (Lipinski definition) is 1. The molecular formula is C19H23NO3. The summed E-state index contributed by atoms with van der Waals surface area (Å²) in [5, 5.41) is 2.88. The fourth-order valence-electron chi connectivity index (χ4n) is 1.79. The van der Waals surface area contributed by atoms with Gasteiger partial charge in [0, 0.05) is 11.1 Å². The monoisotopic (exact) mass is 313 g/mol. The SMILES string of the molecule is CC(C)(C)C(=O)Nc1ccc(OCCOc2ccccc2)cc1. The van der Waals surface area contributed by atoms with Gasteiger partial charge in [0.25, 0.3) is 0 Å². The van der Waals surface area contributed by atoms with Gasteiger partial charge in [0.2, 0.25) is 5.91 Å². The fraction of sp³-hybridized carbons (Fsp3) is 0.316. The zero-order valence-electron chi connectivity index (χ0n) is 13.8. The number of carbonyl (C=O) groups excluding carboxylic acids is 1. The van der Waals surface area contributed by atoms with Crippen molar-refractivity contribution in [3.05, 3.63) is 54.6 Å². The summed E-state index contributed by atoms with van der Waals surface area (Å²) in [7, 11) is 0. The molecule has 2 rings (SSSR count). The molecule has 0 atom stereocenters. The van der Waals surface area contributed by atoms with Gasteiger partial charge in [0.15, 0.2) is 0 Å². The van der Waals surface area contributed by atoms with E-state index in [9.17, 15) is 4.79 Å². The molecule has 0 aliphatic rings. The summed E-state index contributed by atoms with van der Waals surface area (Å²) in [5.74, 6) is 1.56. The molecule has 1 amide bonds. The number of rotatable bonds is 6. The minimum Gasteiger partial charge on any atom is -0.490 e. The van der Waals surface area contributed by atoms with Crippen LogP contribution in [0.2, 0.25) is 0 Å². The zero-order chi connectivity index (χ0) is 16.7. The van der Waals surface area contributed by atoms with Crippen molar-refractivity contribution >= 4 is 11.6 Å². The van der Waals surface area contributed by atoms with Crippen molar-refractivity contribution < 1.29 is 14.3 Å². The van der Waals surface area contributed by atoms with E-state index in [-0.39, 0.29) is 5.91 Å². The minimum absolute atomic E-state index is 0.0116. The quantitative estimate of drug-likeness (QED) is 0.816. The molecule has 0 aliphatic heterocycles. The molecule has 0 saturated carbocycles. The molecule has 0 fully saturated rings. The number of hydrogen-bond acceptors (Lipinski definition) is 3. The van der Waals surface area contributed by atoms with E-state index in [0.29, 0.717) is 13.2 Å². The summed E-state index contributed by atoms with van der Waals surface area (Å²) in [5.41, 5.74) is 0.349. The van der Waals surface area contributed by atoms with E-state index in [1.807, 2.05) is 75.4 Å². The van der Waals surface area contributed by atoms with E-state index >= 15 is 0 Å². The Morgan fingerprint density at radius 1 is 0.870 bits per heavy atom. The third-order valence-electron chi connectivity index (χ3n) is 3.16. The Hall–Kier alpha value is -2.49. The van der Waals surface area contributed by atoms with Crippen LogP contribution in [0.4, 0.5) is 5.69 Å². The number of anilines is 1. The first-order chi connectivity index (χ1) is 10.9. The Kier molecular flexibility index (Phi) is 5.63. The highest BCUT2D eigenvalue weighted by molar-refractivity contribution is 5.94. The molecule has 23 heavy (non-hydrogen) atoms. The van der Waals surface area contributed by atoms with Gasteiger partial charge in [-0.05, 0) is 36.4 Å². The molecule has 1 N–H and O–H groups in total. The van der Waals surface area contributed by atoms with Crippen molar-refractivity contribution in [1.82, 2.24) is 0 Å². The Bertz CT molecular complexity index is 615. The molecule has 122 valence electrons. The first kappa shape index (κ1) is 16.9. The van der Waals surface area contributed by atoms with Crippen molar-refractivity contribution in [3.8, 4) is 11.5 Å². The lowest BCUT2D eigenvalue weighted by Crippen LogP contribution is -2.27. The zero-order valence-corrected chi connectivity index (χ0v) is 13.8. The van der Waals surface area contributed by atoms with Crippen molar-refractivity contribution in [2.24, 2.45) is 5.41 Å². The van der Waals surface area contributed by atoms with Crippen LogP contribution in [0.15, 0.2) is 54.6 Å². The van der Waals surface area contributed by atoms with Gasteiger partial charge in [-0.2, -0.15) is 0 Å². The maximum atomic E-state index is 11.9. The van der Waals surface area contributed by atoms with E-state index in [1.165, 1.54) is 0 Å². The van der Waals surface area contributed by atoms with E-state index in [1.54, 1.807) is 0 Å². The summed E-state index contributed by atoms with van der Waals surface area (Å²) in [6.45, 7) is 6.58. The largest absolute Gasteiger partial charge is 0.490 e. The minimum atomic E-state index is -0.413. The molecule has 0 aromatic heterocycles.